The lowest BCUT2D eigenvalue weighted by Gasteiger charge is -2.10. The molecule has 1 heterocycles. The minimum Gasteiger partial charge on any atom is -0.253 e. The number of nitrogens with zero attached hydrogens (tertiary/aromatic N) is 3. The summed E-state index contributed by atoms with van der Waals surface area (Å²) in [6, 6.07) is 0. The van der Waals surface area contributed by atoms with Gasteiger partial charge in [0.05, 0.1) is 5.69 Å². The maximum absolute atomic E-state index is 4.12. The van der Waals surface area contributed by atoms with Gasteiger partial charge in [-0.15, -0.1) is 5.10 Å². The van der Waals surface area contributed by atoms with Crippen molar-refractivity contribution >= 4 is 0 Å². The minimum absolute atomic E-state index is 0.505. The van der Waals surface area contributed by atoms with Gasteiger partial charge in [-0.25, -0.2) is 0 Å². The Morgan fingerprint density at radius 2 is 2.08 bits per heavy atom. The Hall–Kier alpha value is -0.860. The monoisotopic (exact) mass is 167 g/mol. The first kappa shape index (κ1) is 9.23. The second-order valence-electron chi connectivity index (χ2n) is 3.53. The van der Waals surface area contributed by atoms with Gasteiger partial charge < -0.3 is 0 Å². The molecular formula is C9H17N3. The smallest absolute Gasteiger partial charge is 0.0857 e. The Morgan fingerprint density at radius 1 is 1.42 bits per heavy atom. The van der Waals surface area contributed by atoms with Crippen molar-refractivity contribution in [2.75, 3.05) is 0 Å². The average molecular weight is 167 g/mol. The predicted octanol–water partition coefficient (Wildman–Crippen LogP) is 2.06. The van der Waals surface area contributed by atoms with Crippen molar-refractivity contribution in [2.24, 2.45) is 5.92 Å². The molecule has 0 spiro atoms. The first-order chi connectivity index (χ1) is 5.65. The molecule has 1 atom stereocenters. The van der Waals surface area contributed by atoms with E-state index < -0.39 is 0 Å². The number of aromatic nitrogens is 3. The molecule has 0 radical (unpaired) electrons. The molecule has 1 aromatic rings. The predicted molar refractivity (Wildman–Crippen MR) is 48.9 cm³/mol. The lowest BCUT2D eigenvalue weighted by molar-refractivity contribution is 0.522. The zero-order valence-electron chi connectivity index (χ0n) is 8.28. The van der Waals surface area contributed by atoms with Crippen molar-refractivity contribution in [1.29, 1.82) is 0 Å². The molecule has 0 fully saturated rings. The van der Waals surface area contributed by atoms with Gasteiger partial charge in [0.25, 0.3) is 0 Å². The fraction of sp³-hybridized carbons (Fsp3) is 0.778. The molecule has 3 nitrogen and oxygen atoms in total. The van der Waals surface area contributed by atoms with Crippen LogP contribution in [0.25, 0.3) is 0 Å². The van der Waals surface area contributed by atoms with Crippen LogP contribution >= 0.6 is 0 Å². The quantitative estimate of drug-likeness (QED) is 0.690. The lowest BCUT2D eigenvalue weighted by atomic mass is 9.95. The van der Waals surface area contributed by atoms with Crippen molar-refractivity contribution in [3.8, 4) is 0 Å². The summed E-state index contributed by atoms with van der Waals surface area (Å²) in [4.78, 5) is 0. The normalized spacial score (nSPS) is 13.8. The summed E-state index contributed by atoms with van der Waals surface area (Å²) >= 11 is 0. The standard InChI is InChI=1S/C9H17N3/c1-5-12-6-9(10-11-12)8(4)7(2)3/h6-8H,5H2,1-4H3. The third-order valence-electron chi connectivity index (χ3n) is 2.35. The Morgan fingerprint density at radius 3 is 2.50 bits per heavy atom. The van der Waals surface area contributed by atoms with Gasteiger partial charge in [-0.1, -0.05) is 26.0 Å². The summed E-state index contributed by atoms with van der Waals surface area (Å²) in [6.45, 7) is 9.57. The lowest BCUT2D eigenvalue weighted by Crippen LogP contribution is -2.02. The van der Waals surface area contributed by atoms with E-state index in [4.69, 9.17) is 0 Å². The molecule has 3 heteroatoms. The number of hydrogen-bond acceptors (Lipinski definition) is 2. The van der Waals surface area contributed by atoms with Crippen molar-refractivity contribution < 1.29 is 0 Å². The molecule has 0 aliphatic rings. The second-order valence-corrected chi connectivity index (χ2v) is 3.53. The molecule has 0 saturated heterocycles. The molecule has 0 saturated carbocycles. The second kappa shape index (κ2) is 3.70. The molecule has 0 aromatic carbocycles. The van der Waals surface area contributed by atoms with Crippen LogP contribution in [0.4, 0.5) is 0 Å². The van der Waals surface area contributed by atoms with Crippen LogP contribution < -0.4 is 0 Å². The van der Waals surface area contributed by atoms with Gasteiger partial charge in [0, 0.05) is 18.7 Å². The van der Waals surface area contributed by atoms with Gasteiger partial charge in [-0.3, -0.25) is 4.68 Å². The molecule has 12 heavy (non-hydrogen) atoms. The Labute approximate surface area is 73.8 Å². The van der Waals surface area contributed by atoms with Crippen molar-refractivity contribution in [2.45, 2.75) is 40.2 Å². The third kappa shape index (κ3) is 1.84. The van der Waals surface area contributed by atoms with E-state index in [0.717, 1.165) is 12.2 Å². The largest absolute Gasteiger partial charge is 0.253 e. The topological polar surface area (TPSA) is 30.7 Å². The molecule has 0 N–H and O–H groups in total. The number of rotatable bonds is 3. The van der Waals surface area contributed by atoms with Gasteiger partial charge in [0.2, 0.25) is 0 Å². The first-order valence-corrected chi connectivity index (χ1v) is 4.55. The maximum atomic E-state index is 4.12. The van der Waals surface area contributed by atoms with Crippen LogP contribution in [0, 0.1) is 5.92 Å². The first-order valence-electron chi connectivity index (χ1n) is 4.55. The summed E-state index contributed by atoms with van der Waals surface area (Å²) in [5.41, 5.74) is 1.10. The van der Waals surface area contributed by atoms with Crippen LogP contribution in [0.5, 0.6) is 0 Å². The molecule has 0 amide bonds. The van der Waals surface area contributed by atoms with Crippen LogP contribution in [0.3, 0.4) is 0 Å². The van der Waals surface area contributed by atoms with Crippen LogP contribution in [-0.2, 0) is 6.54 Å². The van der Waals surface area contributed by atoms with Crippen LogP contribution in [0.2, 0.25) is 0 Å². The SMILES string of the molecule is CCn1cc(C(C)C(C)C)nn1. The number of hydrogen-bond donors (Lipinski definition) is 0. The van der Waals surface area contributed by atoms with Gasteiger partial charge >= 0.3 is 0 Å². The van der Waals surface area contributed by atoms with E-state index in [1.54, 1.807) is 0 Å². The van der Waals surface area contributed by atoms with E-state index in [0.29, 0.717) is 11.8 Å². The zero-order valence-corrected chi connectivity index (χ0v) is 8.28. The number of aryl methyl sites for hydroxylation is 1. The fourth-order valence-electron chi connectivity index (χ4n) is 1.02. The highest BCUT2D eigenvalue weighted by Crippen LogP contribution is 2.20. The van der Waals surface area contributed by atoms with Gasteiger partial charge in [0.1, 0.15) is 0 Å². The minimum atomic E-state index is 0.505. The molecular weight excluding hydrogens is 150 g/mol. The van der Waals surface area contributed by atoms with E-state index >= 15 is 0 Å². The molecule has 1 rings (SSSR count). The summed E-state index contributed by atoms with van der Waals surface area (Å²) in [7, 11) is 0. The summed E-state index contributed by atoms with van der Waals surface area (Å²) in [5, 5.41) is 8.13. The van der Waals surface area contributed by atoms with E-state index in [2.05, 4.69) is 38.0 Å². The van der Waals surface area contributed by atoms with Crippen LogP contribution in [0.1, 0.15) is 39.3 Å². The summed E-state index contributed by atoms with van der Waals surface area (Å²) < 4.78 is 1.87. The molecule has 0 aliphatic carbocycles. The molecule has 68 valence electrons. The molecule has 0 bridgehead atoms. The Balaban J connectivity index is 2.74. The maximum Gasteiger partial charge on any atom is 0.0857 e. The highest BCUT2D eigenvalue weighted by molar-refractivity contribution is 5.01. The van der Waals surface area contributed by atoms with Gasteiger partial charge in [0.15, 0.2) is 0 Å². The average Bonchev–Trinajstić information content (AvgIpc) is 2.50. The van der Waals surface area contributed by atoms with E-state index in [9.17, 15) is 0 Å². The van der Waals surface area contributed by atoms with Crippen LogP contribution in [0.15, 0.2) is 6.20 Å². The summed E-state index contributed by atoms with van der Waals surface area (Å²) in [5.74, 6) is 1.14. The van der Waals surface area contributed by atoms with Crippen molar-refractivity contribution in [1.82, 2.24) is 15.0 Å². The van der Waals surface area contributed by atoms with Crippen molar-refractivity contribution in [3.05, 3.63) is 11.9 Å². The Kier molecular flexibility index (Phi) is 2.84. The highest BCUT2D eigenvalue weighted by Gasteiger charge is 2.12. The van der Waals surface area contributed by atoms with Crippen LogP contribution in [-0.4, -0.2) is 15.0 Å². The van der Waals surface area contributed by atoms with E-state index in [1.165, 1.54) is 0 Å². The Bertz CT molecular complexity index is 240. The summed E-state index contributed by atoms with van der Waals surface area (Å²) in [6.07, 6.45) is 2.03. The van der Waals surface area contributed by atoms with Crippen molar-refractivity contribution in [3.63, 3.8) is 0 Å². The molecule has 1 unspecified atom stereocenters. The molecule has 1 aromatic heterocycles. The van der Waals surface area contributed by atoms with E-state index in [-0.39, 0.29) is 0 Å². The van der Waals surface area contributed by atoms with Gasteiger partial charge in [-0.2, -0.15) is 0 Å². The zero-order chi connectivity index (χ0) is 9.14. The third-order valence-corrected chi connectivity index (χ3v) is 2.35. The fourth-order valence-corrected chi connectivity index (χ4v) is 1.02. The van der Waals surface area contributed by atoms with E-state index in [1.807, 2.05) is 10.9 Å². The van der Waals surface area contributed by atoms with Gasteiger partial charge in [-0.05, 0) is 12.8 Å². The highest BCUT2D eigenvalue weighted by atomic mass is 15.4. The molecule has 0 aliphatic heterocycles.